The zero-order valence-electron chi connectivity index (χ0n) is 14.7. The zero-order valence-corrected chi connectivity index (χ0v) is 14.7. The summed E-state index contributed by atoms with van der Waals surface area (Å²) in [5.74, 6) is 1.41. The fourth-order valence-corrected chi connectivity index (χ4v) is 2.57. The number of nitrogens with zero attached hydrogens (tertiary/aromatic N) is 3. The smallest absolute Gasteiger partial charge is 0.222 e. The number of fused-ring (bicyclic) bond motifs is 1. The normalized spacial score (nSPS) is 10.8. The number of anilines is 1. The molecule has 0 fully saturated rings. The lowest BCUT2D eigenvalue weighted by Gasteiger charge is -2.10. The number of hydrogen-bond donors (Lipinski definition) is 1. The van der Waals surface area contributed by atoms with Gasteiger partial charge < -0.3 is 14.8 Å². The Balaban J connectivity index is 1.92. The van der Waals surface area contributed by atoms with Crippen molar-refractivity contribution in [2.24, 2.45) is 0 Å². The molecule has 0 aliphatic rings. The van der Waals surface area contributed by atoms with Crippen molar-refractivity contribution in [2.75, 3.05) is 32.2 Å². The van der Waals surface area contributed by atoms with Gasteiger partial charge in [0.05, 0.1) is 17.8 Å². The van der Waals surface area contributed by atoms with Crippen molar-refractivity contribution in [1.82, 2.24) is 15.0 Å². The van der Waals surface area contributed by atoms with Gasteiger partial charge in [0.25, 0.3) is 0 Å². The van der Waals surface area contributed by atoms with E-state index in [-0.39, 0.29) is 0 Å². The van der Waals surface area contributed by atoms with E-state index >= 15 is 0 Å². The van der Waals surface area contributed by atoms with Gasteiger partial charge >= 0.3 is 0 Å². The predicted molar refractivity (Wildman–Crippen MR) is 99.0 cm³/mol. The van der Waals surface area contributed by atoms with Crippen LogP contribution in [0.2, 0.25) is 0 Å². The van der Waals surface area contributed by atoms with Gasteiger partial charge in [-0.1, -0.05) is 0 Å². The maximum absolute atomic E-state index is 5.68. The zero-order chi connectivity index (χ0) is 17.6. The molecule has 1 N–H and O–H groups in total. The van der Waals surface area contributed by atoms with Crippen LogP contribution in [-0.4, -0.2) is 41.8 Å². The highest BCUT2D eigenvalue weighted by atomic mass is 16.5. The molecule has 0 saturated heterocycles. The molecule has 0 atom stereocenters. The molecule has 2 heterocycles. The van der Waals surface area contributed by atoms with Crippen molar-refractivity contribution in [3.63, 3.8) is 0 Å². The van der Waals surface area contributed by atoms with Gasteiger partial charge in [0.2, 0.25) is 5.95 Å². The van der Waals surface area contributed by atoms with Crippen molar-refractivity contribution < 1.29 is 9.47 Å². The van der Waals surface area contributed by atoms with E-state index in [0.29, 0.717) is 19.2 Å². The van der Waals surface area contributed by atoms with Crippen molar-refractivity contribution in [3.8, 4) is 17.0 Å². The lowest BCUT2D eigenvalue weighted by molar-refractivity contribution is 0.146. The summed E-state index contributed by atoms with van der Waals surface area (Å²) >= 11 is 0. The first-order valence-electron chi connectivity index (χ1n) is 8.30. The van der Waals surface area contributed by atoms with Crippen LogP contribution in [-0.2, 0) is 4.74 Å². The maximum Gasteiger partial charge on any atom is 0.222 e. The minimum atomic E-state index is 0.514. The van der Waals surface area contributed by atoms with Gasteiger partial charge in [0.15, 0.2) is 0 Å². The van der Waals surface area contributed by atoms with Gasteiger partial charge in [0, 0.05) is 43.1 Å². The van der Waals surface area contributed by atoms with Gasteiger partial charge in [-0.3, -0.25) is 0 Å². The van der Waals surface area contributed by atoms with Crippen LogP contribution in [0.3, 0.4) is 0 Å². The van der Waals surface area contributed by atoms with Crippen LogP contribution in [0.25, 0.3) is 22.2 Å². The number of benzene rings is 1. The molecule has 2 aromatic heterocycles. The molecule has 0 unspecified atom stereocenters. The quantitative estimate of drug-likeness (QED) is 0.665. The van der Waals surface area contributed by atoms with Gasteiger partial charge in [-0.05, 0) is 37.6 Å². The molecule has 0 bridgehead atoms. The summed E-state index contributed by atoms with van der Waals surface area (Å²) in [7, 11) is 1.66. The van der Waals surface area contributed by atoms with E-state index in [1.165, 1.54) is 0 Å². The van der Waals surface area contributed by atoms with Crippen LogP contribution in [0.4, 0.5) is 5.95 Å². The van der Waals surface area contributed by atoms with Crippen LogP contribution < -0.4 is 10.1 Å². The van der Waals surface area contributed by atoms with Crippen LogP contribution in [0.1, 0.15) is 12.5 Å². The number of aromatic nitrogens is 3. The summed E-state index contributed by atoms with van der Waals surface area (Å²) in [6.07, 6.45) is 3.58. The molecule has 1 aromatic carbocycles. The molecule has 0 aliphatic heterocycles. The molecule has 0 radical (unpaired) electrons. The predicted octanol–water partition coefficient (Wildman–Crippen LogP) is 3.46. The Labute approximate surface area is 147 Å². The number of aryl methyl sites for hydroxylation is 1. The first kappa shape index (κ1) is 17.1. The van der Waals surface area contributed by atoms with E-state index in [1.54, 1.807) is 19.5 Å². The van der Waals surface area contributed by atoms with Crippen LogP contribution in [0.15, 0.2) is 36.7 Å². The van der Waals surface area contributed by atoms with E-state index in [4.69, 9.17) is 14.5 Å². The second-order valence-corrected chi connectivity index (χ2v) is 5.67. The first-order chi connectivity index (χ1) is 12.2. The molecule has 130 valence electrons. The molecule has 0 amide bonds. The van der Waals surface area contributed by atoms with Crippen LogP contribution >= 0.6 is 0 Å². The lowest BCUT2D eigenvalue weighted by Crippen LogP contribution is -2.04. The van der Waals surface area contributed by atoms with Crippen LogP contribution in [0.5, 0.6) is 5.75 Å². The summed E-state index contributed by atoms with van der Waals surface area (Å²) in [5.41, 5.74) is 3.78. The lowest BCUT2D eigenvalue weighted by atomic mass is 10.1. The first-order valence-corrected chi connectivity index (χ1v) is 8.30. The standard InChI is InChI=1S/C19H22N4O2/c1-4-20-19-21-11-14(12-22-19)17-9-13(2)16-6-5-15(10-18(16)23-17)25-8-7-24-3/h5-6,9-12H,4,7-8H2,1-3H3,(H,20,21,22). The second-order valence-electron chi connectivity index (χ2n) is 5.67. The summed E-state index contributed by atoms with van der Waals surface area (Å²) < 4.78 is 10.7. The van der Waals surface area contributed by atoms with Gasteiger partial charge in [0.1, 0.15) is 12.4 Å². The molecule has 0 saturated carbocycles. The van der Waals surface area contributed by atoms with Gasteiger partial charge in [-0.2, -0.15) is 0 Å². The summed E-state index contributed by atoms with van der Waals surface area (Å²) in [5, 5.41) is 4.19. The molecular weight excluding hydrogens is 316 g/mol. The minimum absolute atomic E-state index is 0.514. The summed E-state index contributed by atoms with van der Waals surface area (Å²) in [4.78, 5) is 13.4. The topological polar surface area (TPSA) is 69.2 Å². The molecule has 6 nitrogen and oxygen atoms in total. The second kappa shape index (κ2) is 7.90. The van der Waals surface area contributed by atoms with Crippen molar-refractivity contribution >= 4 is 16.9 Å². The summed E-state index contributed by atoms with van der Waals surface area (Å²) in [6.45, 7) is 5.95. The molecule has 25 heavy (non-hydrogen) atoms. The van der Waals surface area contributed by atoms with E-state index in [2.05, 4.69) is 28.3 Å². The Morgan fingerprint density at radius 1 is 1.08 bits per heavy atom. The maximum atomic E-state index is 5.68. The van der Waals surface area contributed by atoms with Crippen molar-refractivity contribution in [3.05, 3.63) is 42.2 Å². The van der Waals surface area contributed by atoms with Crippen LogP contribution in [0, 0.1) is 6.92 Å². The number of rotatable bonds is 7. The number of nitrogens with one attached hydrogen (secondary N) is 1. The third kappa shape index (κ3) is 4.03. The molecule has 3 rings (SSSR count). The fraction of sp³-hybridized carbons (Fsp3) is 0.316. The number of methoxy groups -OCH3 is 1. The molecule has 3 aromatic rings. The van der Waals surface area contributed by atoms with E-state index in [0.717, 1.165) is 40.0 Å². The Morgan fingerprint density at radius 3 is 2.60 bits per heavy atom. The molecule has 0 aliphatic carbocycles. The van der Waals surface area contributed by atoms with Crippen molar-refractivity contribution in [2.45, 2.75) is 13.8 Å². The largest absolute Gasteiger partial charge is 0.491 e. The molecule has 6 heteroatoms. The molecular formula is C19H22N4O2. The average Bonchev–Trinajstić information content (AvgIpc) is 2.62. The third-order valence-corrected chi connectivity index (χ3v) is 3.83. The Hall–Kier alpha value is -2.73. The number of hydrogen-bond acceptors (Lipinski definition) is 6. The molecule has 0 spiro atoms. The Kier molecular flexibility index (Phi) is 5.40. The SMILES string of the molecule is CCNc1ncc(-c2cc(C)c3ccc(OCCOC)cc3n2)cn1. The highest BCUT2D eigenvalue weighted by Gasteiger charge is 2.08. The van der Waals surface area contributed by atoms with E-state index < -0.39 is 0 Å². The summed E-state index contributed by atoms with van der Waals surface area (Å²) in [6, 6.07) is 8.00. The minimum Gasteiger partial charge on any atom is -0.491 e. The third-order valence-electron chi connectivity index (χ3n) is 3.83. The number of pyridine rings is 1. The van der Waals surface area contributed by atoms with Gasteiger partial charge in [-0.15, -0.1) is 0 Å². The highest BCUT2D eigenvalue weighted by Crippen LogP contribution is 2.26. The fourth-order valence-electron chi connectivity index (χ4n) is 2.57. The Bertz CT molecular complexity index is 850. The average molecular weight is 338 g/mol. The van der Waals surface area contributed by atoms with E-state index in [9.17, 15) is 0 Å². The van der Waals surface area contributed by atoms with E-state index in [1.807, 2.05) is 25.1 Å². The van der Waals surface area contributed by atoms with Gasteiger partial charge in [-0.25, -0.2) is 15.0 Å². The van der Waals surface area contributed by atoms with Crippen molar-refractivity contribution in [1.29, 1.82) is 0 Å². The number of ether oxygens (including phenoxy) is 2. The highest BCUT2D eigenvalue weighted by molar-refractivity contribution is 5.86. The Morgan fingerprint density at radius 2 is 1.88 bits per heavy atom. The monoisotopic (exact) mass is 338 g/mol.